The standard InChI is InChI=1S/C39H50N6O9/c1-2-39(27-52-24-12-21-40-36(49)43-33(46)30-15-6-3-7-16-30,28-53-25-13-22-41-37(50)44-34(47)31-17-8-4-9-18-31)29-54-26-14-23-42-38(51)45-35(48)32-19-10-5-11-20-32/h3-11,15-20H,2,12-14,21-29H2,1H3,(H2,40,43,46,49)(H2,41,44,47,50)(H2,42,45,48,51). The molecule has 3 rings (SSSR count). The van der Waals surface area contributed by atoms with Gasteiger partial charge in [0.15, 0.2) is 0 Å². The minimum atomic E-state index is -0.599. The van der Waals surface area contributed by atoms with Gasteiger partial charge in [-0.1, -0.05) is 61.5 Å². The Morgan fingerprint density at radius 3 is 1.00 bits per heavy atom. The van der Waals surface area contributed by atoms with Gasteiger partial charge in [-0.05, 0) is 62.1 Å². The van der Waals surface area contributed by atoms with Gasteiger partial charge in [0.05, 0.1) is 19.8 Å². The Bertz CT molecular complexity index is 1420. The van der Waals surface area contributed by atoms with E-state index in [4.69, 9.17) is 14.2 Å². The summed E-state index contributed by atoms with van der Waals surface area (Å²) in [6.45, 7) is 4.74. The molecule has 9 amide bonds. The number of urea groups is 3. The summed E-state index contributed by atoms with van der Waals surface area (Å²) < 4.78 is 18.0. The molecular formula is C39H50N6O9. The number of nitrogens with one attached hydrogen (secondary N) is 6. The molecule has 0 unspecified atom stereocenters. The van der Waals surface area contributed by atoms with Crippen LogP contribution in [0.1, 0.15) is 63.7 Å². The van der Waals surface area contributed by atoms with Gasteiger partial charge in [-0.25, -0.2) is 14.4 Å². The van der Waals surface area contributed by atoms with E-state index in [1.807, 2.05) is 6.92 Å². The van der Waals surface area contributed by atoms with Gasteiger partial charge in [-0.3, -0.25) is 30.3 Å². The SMILES string of the molecule is CCC(COCCCNC(=O)NC(=O)c1ccccc1)(COCCCNC(=O)NC(=O)c1ccccc1)COCCCNC(=O)NC(=O)c1ccccc1. The number of carbonyl (C=O) groups is 6. The lowest BCUT2D eigenvalue weighted by Gasteiger charge is -2.32. The summed E-state index contributed by atoms with van der Waals surface area (Å²) in [5.74, 6) is -1.48. The van der Waals surface area contributed by atoms with Crippen molar-refractivity contribution in [3.63, 3.8) is 0 Å². The molecule has 0 spiro atoms. The average molecular weight is 747 g/mol. The lowest BCUT2D eigenvalue weighted by atomic mass is 9.88. The van der Waals surface area contributed by atoms with E-state index in [0.717, 1.165) is 0 Å². The van der Waals surface area contributed by atoms with Crippen molar-refractivity contribution >= 4 is 35.8 Å². The van der Waals surface area contributed by atoms with Crippen molar-refractivity contribution in [1.29, 1.82) is 0 Å². The van der Waals surface area contributed by atoms with Crippen LogP contribution in [0.3, 0.4) is 0 Å². The monoisotopic (exact) mass is 746 g/mol. The number of carbonyl (C=O) groups excluding carboxylic acids is 6. The molecule has 0 radical (unpaired) electrons. The summed E-state index contributed by atoms with van der Waals surface area (Å²) in [7, 11) is 0. The van der Waals surface area contributed by atoms with Gasteiger partial charge in [0.1, 0.15) is 0 Å². The molecule has 0 aromatic heterocycles. The minimum Gasteiger partial charge on any atom is -0.381 e. The largest absolute Gasteiger partial charge is 0.381 e. The second-order valence-electron chi connectivity index (χ2n) is 12.3. The van der Waals surface area contributed by atoms with Crippen LogP contribution < -0.4 is 31.9 Å². The van der Waals surface area contributed by atoms with Crippen molar-refractivity contribution in [3.8, 4) is 0 Å². The molecule has 0 aliphatic carbocycles. The first kappa shape index (κ1) is 42.8. The van der Waals surface area contributed by atoms with E-state index in [1.54, 1.807) is 91.0 Å². The molecule has 0 atom stereocenters. The first-order valence-corrected chi connectivity index (χ1v) is 17.9. The summed E-state index contributed by atoms with van der Waals surface area (Å²) in [5.41, 5.74) is 0.619. The molecule has 54 heavy (non-hydrogen) atoms. The highest BCUT2D eigenvalue weighted by molar-refractivity contribution is 6.05. The molecule has 15 nitrogen and oxygen atoms in total. The van der Waals surface area contributed by atoms with Crippen molar-refractivity contribution in [2.75, 3.05) is 59.3 Å². The van der Waals surface area contributed by atoms with E-state index in [0.29, 0.717) is 82.0 Å². The summed E-state index contributed by atoms with van der Waals surface area (Å²) in [6.07, 6.45) is 2.14. The Morgan fingerprint density at radius 1 is 0.463 bits per heavy atom. The molecule has 0 aliphatic heterocycles. The van der Waals surface area contributed by atoms with Crippen LogP contribution in [0.4, 0.5) is 14.4 Å². The maximum absolute atomic E-state index is 12.2. The third-order valence-corrected chi connectivity index (χ3v) is 8.02. The Balaban J connectivity index is 1.38. The highest BCUT2D eigenvalue weighted by atomic mass is 16.5. The van der Waals surface area contributed by atoms with Gasteiger partial charge >= 0.3 is 18.1 Å². The first-order chi connectivity index (χ1) is 26.2. The highest BCUT2D eigenvalue weighted by Gasteiger charge is 2.30. The fraction of sp³-hybridized carbons (Fsp3) is 0.385. The maximum atomic E-state index is 12.2. The molecule has 0 bridgehead atoms. The molecule has 15 heteroatoms. The number of rotatable bonds is 22. The number of imide groups is 3. The van der Waals surface area contributed by atoms with E-state index >= 15 is 0 Å². The third kappa shape index (κ3) is 16.8. The van der Waals surface area contributed by atoms with Gasteiger partial charge in [-0.2, -0.15) is 0 Å². The second kappa shape index (κ2) is 24.6. The third-order valence-electron chi connectivity index (χ3n) is 8.02. The molecule has 0 aliphatic rings. The summed E-state index contributed by atoms with van der Waals surface area (Å²) in [5, 5.41) is 14.8. The predicted octanol–water partition coefficient (Wildman–Crippen LogP) is 4.02. The van der Waals surface area contributed by atoms with Crippen LogP contribution in [0.2, 0.25) is 0 Å². The average Bonchev–Trinajstić information content (AvgIpc) is 3.19. The Kier molecular flexibility index (Phi) is 19.5. The summed E-state index contributed by atoms with van der Waals surface area (Å²) >= 11 is 0. The van der Waals surface area contributed by atoms with Gasteiger partial charge in [0, 0.05) is 61.6 Å². The Labute approximate surface area is 315 Å². The van der Waals surface area contributed by atoms with Gasteiger partial charge in [0.25, 0.3) is 17.7 Å². The number of benzene rings is 3. The lowest BCUT2D eigenvalue weighted by molar-refractivity contribution is -0.0719. The molecular weight excluding hydrogens is 696 g/mol. The van der Waals surface area contributed by atoms with E-state index in [-0.39, 0.29) is 19.6 Å². The molecule has 290 valence electrons. The van der Waals surface area contributed by atoms with Crippen LogP contribution in [0.25, 0.3) is 0 Å². The lowest BCUT2D eigenvalue weighted by Crippen LogP contribution is -2.41. The zero-order valence-electron chi connectivity index (χ0n) is 30.5. The molecule has 0 saturated heterocycles. The zero-order valence-corrected chi connectivity index (χ0v) is 30.5. The first-order valence-electron chi connectivity index (χ1n) is 17.9. The van der Waals surface area contributed by atoms with Gasteiger partial charge in [-0.15, -0.1) is 0 Å². The molecule has 0 heterocycles. The quantitative estimate of drug-likeness (QED) is 0.0822. The van der Waals surface area contributed by atoms with E-state index in [9.17, 15) is 28.8 Å². The second-order valence-corrected chi connectivity index (χ2v) is 12.3. The topological polar surface area (TPSA) is 202 Å². The number of hydrogen-bond donors (Lipinski definition) is 6. The Morgan fingerprint density at radius 2 is 0.741 bits per heavy atom. The summed E-state index contributed by atoms with van der Waals surface area (Å²) in [4.78, 5) is 72.9. The predicted molar refractivity (Wildman–Crippen MR) is 201 cm³/mol. The number of hydrogen-bond acceptors (Lipinski definition) is 9. The van der Waals surface area contributed by atoms with Crippen LogP contribution in [0.5, 0.6) is 0 Å². The fourth-order valence-electron chi connectivity index (χ4n) is 4.85. The molecule has 3 aromatic carbocycles. The van der Waals surface area contributed by atoms with Crippen molar-refractivity contribution < 1.29 is 43.0 Å². The fourth-order valence-corrected chi connectivity index (χ4v) is 4.85. The van der Waals surface area contributed by atoms with E-state index in [1.165, 1.54) is 0 Å². The smallest absolute Gasteiger partial charge is 0.321 e. The van der Waals surface area contributed by atoms with Gasteiger partial charge in [0.2, 0.25) is 0 Å². The van der Waals surface area contributed by atoms with E-state index < -0.39 is 41.2 Å². The van der Waals surface area contributed by atoms with Gasteiger partial charge < -0.3 is 30.2 Å². The van der Waals surface area contributed by atoms with Crippen molar-refractivity contribution in [3.05, 3.63) is 108 Å². The molecule has 6 N–H and O–H groups in total. The number of amides is 9. The normalized spacial score (nSPS) is 10.8. The summed E-state index contributed by atoms with van der Waals surface area (Å²) in [6, 6.07) is 23.5. The van der Waals surface area contributed by atoms with Crippen LogP contribution in [-0.4, -0.2) is 95.1 Å². The minimum absolute atomic E-state index is 0.287. The van der Waals surface area contributed by atoms with Crippen molar-refractivity contribution in [2.45, 2.75) is 32.6 Å². The molecule has 0 fully saturated rings. The van der Waals surface area contributed by atoms with Crippen molar-refractivity contribution in [2.24, 2.45) is 5.41 Å². The molecule has 0 saturated carbocycles. The highest BCUT2D eigenvalue weighted by Crippen LogP contribution is 2.24. The number of ether oxygens (including phenoxy) is 3. The van der Waals surface area contributed by atoms with Crippen LogP contribution in [0, 0.1) is 5.41 Å². The van der Waals surface area contributed by atoms with Crippen LogP contribution >= 0.6 is 0 Å². The zero-order chi connectivity index (χ0) is 38.9. The van der Waals surface area contributed by atoms with Crippen LogP contribution in [-0.2, 0) is 14.2 Å². The maximum Gasteiger partial charge on any atom is 0.321 e. The van der Waals surface area contributed by atoms with Crippen LogP contribution in [0.15, 0.2) is 91.0 Å². The Hall–Kier alpha value is -5.64. The van der Waals surface area contributed by atoms with Crippen molar-refractivity contribution in [1.82, 2.24) is 31.9 Å². The molecule has 3 aromatic rings. The van der Waals surface area contributed by atoms with E-state index in [2.05, 4.69) is 31.9 Å².